The first-order valence-corrected chi connectivity index (χ1v) is 55.1. The van der Waals surface area contributed by atoms with Gasteiger partial charge in [0.05, 0.1) is 10.8 Å². The third-order valence-corrected chi connectivity index (χ3v) is 38.3. The van der Waals surface area contributed by atoms with Crippen molar-refractivity contribution in [3.63, 3.8) is 0 Å². The van der Waals surface area contributed by atoms with Crippen LogP contribution in [0.1, 0.15) is 200 Å². The fourth-order valence-corrected chi connectivity index (χ4v) is 33.2. The van der Waals surface area contributed by atoms with E-state index in [-0.39, 0.29) is 16.2 Å². The number of hydrogen-bond acceptors (Lipinski definition) is 25. The average Bonchev–Trinajstić information content (AvgIpc) is 1.55. The molecule has 5 aliphatic heterocycles. The zero-order valence-corrected chi connectivity index (χ0v) is 83.0. The Labute approximate surface area is 820 Å². The first-order chi connectivity index (χ1) is 67.5. The van der Waals surface area contributed by atoms with Crippen LogP contribution < -0.4 is 51.1 Å². The molecule has 25 aliphatic rings. The number of piperazine rings is 5. The third kappa shape index (κ3) is 22.2. The highest BCUT2D eigenvalue weighted by Crippen LogP contribution is 2.71. The summed E-state index contributed by atoms with van der Waals surface area (Å²) >= 11 is 0. The largest absolute Gasteiger partial charge is 0.356 e. The summed E-state index contributed by atoms with van der Waals surface area (Å²) in [5, 5.41) is 16.5. The summed E-state index contributed by atoms with van der Waals surface area (Å²) < 4.78 is 0. The Balaban J connectivity index is 0.000000103. The van der Waals surface area contributed by atoms with Crippen molar-refractivity contribution < 1.29 is 24.0 Å². The van der Waals surface area contributed by atoms with Crippen LogP contribution in [0.25, 0.3) is 0 Å². The molecule has 6 atom stereocenters. The van der Waals surface area contributed by atoms with Crippen LogP contribution in [-0.4, -0.2) is 300 Å². The van der Waals surface area contributed by atoms with Gasteiger partial charge in [-0.25, -0.2) is 49.8 Å². The van der Waals surface area contributed by atoms with Crippen molar-refractivity contribution >= 4 is 59.3 Å². The maximum atomic E-state index is 13.1. The van der Waals surface area contributed by atoms with Gasteiger partial charge in [-0.05, 0) is 349 Å². The minimum atomic E-state index is -0.0149. The number of carbonyl (C=O) groups excluding carboxylic acids is 5. The molecule has 0 radical (unpaired) electrons. The Hall–Kier alpha value is -8.45. The summed E-state index contributed by atoms with van der Waals surface area (Å²) in [6.07, 6.45) is 55.9. The van der Waals surface area contributed by atoms with E-state index in [0.717, 1.165) is 343 Å². The number of nitrogens with one attached hydrogen (secondary N) is 5. The van der Waals surface area contributed by atoms with Crippen LogP contribution >= 0.6 is 0 Å². The predicted molar refractivity (Wildman–Crippen MR) is 535 cm³/mol. The molecule has 20 bridgehead atoms. The normalized spacial score (nSPS) is 35.3. The molecule has 6 unspecified atom stereocenters. The van der Waals surface area contributed by atoms with Crippen LogP contribution in [0.3, 0.4) is 0 Å². The molecule has 30 heteroatoms. The number of aromatic nitrogens is 10. The van der Waals surface area contributed by atoms with Crippen molar-refractivity contribution in [1.29, 1.82) is 0 Å². The highest BCUT2D eigenvalue weighted by Gasteiger charge is 2.66. The molecule has 0 spiro atoms. The van der Waals surface area contributed by atoms with Crippen LogP contribution in [0.2, 0.25) is 0 Å². The van der Waals surface area contributed by atoms with Gasteiger partial charge in [0, 0.05) is 249 Å². The Morgan fingerprint density at radius 2 is 0.536 bits per heavy atom. The van der Waals surface area contributed by atoms with Crippen LogP contribution in [-0.2, 0) is 24.0 Å². The van der Waals surface area contributed by atoms with Crippen LogP contribution in [0, 0.1) is 128 Å². The molecule has 748 valence electrons. The number of amides is 5. The van der Waals surface area contributed by atoms with Crippen molar-refractivity contribution in [3.8, 4) is 0 Å². The molecule has 138 heavy (non-hydrogen) atoms. The Morgan fingerprint density at radius 1 is 0.268 bits per heavy atom. The van der Waals surface area contributed by atoms with Crippen molar-refractivity contribution in [3.05, 3.63) is 92.3 Å². The van der Waals surface area contributed by atoms with Crippen LogP contribution in [0.4, 0.5) is 29.7 Å². The molecule has 25 fully saturated rings. The SMILES string of the molecule is CC12CC3CC(C1)C(C(=O)NCCCN1CCN(c4ncccn4)CC1)(C3)C2.O=C(NCCCN1CCN(c2ncccn2)CC1)C12CC3CC(CC(C3)C1)C2.O=C(NCCCN1CCN(c2ncccn2)CC1)C12CC3CC(CC1C3)C2.O=C(NCCCN1CCN(c2ncccn2)CC1)C1C2CC3CC(C2)CC1C3.O=C(NCCN1CCN(c2ncccn2)CC1)C1C2CC3CC(C2)CC1C3. The zero-order chi connectivity index (χ0) is 93.6. The highest BCUT2D eigenvalue weighted by molar-refractivity contribution is 5.85. The van der Waals surface area contributed by atoms with E-state index < -0.39 is 0 Å². The molecule has 5 saturated heterocycles. The lowest BCUT2D eigenvalue weighted by Crippen LogP contribution is -2.53. The van der Waals surface area contributed by atoms with Gasteiger partial charge in [-0.2, -0.15) is 0 Å². The average molecular weight is 1890 g/mol. The van der Waals surface area contributed by atoms with E-state index in [0.29, 0.717) is 82.3 Å². The second kappa shape index (κ2) is 43.4. The first kappa shape index (κ1) is 95.7. The lowest BCUT2D eigenvalue weighted by atomic mass is 9.49. The molecule has 5 aromatic heterocycles. The maximum absolute atomic E-state index is 13.1. The first-order valence-electron chi connectivity index (χ1n) is 55.1. The quantitative estimate of drug-likeness (QED) is 0.0278. The van der Waals surface area contributed by atoms with E-state index in [4.69, 9.17) is 0 Å². The molecule has 5 amide bonds. The lowest BCUT2D eigenvalue weighted by molar-refractivity contribution is -0.146. The van der Waals surface area contributed by atoms with Gasteiger partial charge in [0.15, 0.2) is 0 Å². The van der Waals surface area contributed by atoms with E-state index in [2.05, 4.69) is 132 Å². The van der Waals surface area contributed by atoms with E-state index in [1.54, 1.807) is 62.0 Å². The van der Waals surface area contributed by atoms with Gasteiger partial charge >= 0.3 is 0 Å². The summed E-state index contributed by atoms with van der Waals surface area (Å²) in [4.78, 5) is 132. The number of hydrogen-bond donors (Lipinski definition) is 5. The van der Waals surface area contributed by atoms with Crippen LogP contribution in [0.15, 0.2) is 92.3 Å². The summed E-state index contributed by atoms with van der Waals surface area (Å²) in [6.45, 7) is 31.7. The van der Waals surface area contributed by atoms with E-state index in [9.17, 15) is 24.0 Å². The third-order valence-electron chi connectivity index (χ3n) is 38.3. The topological polar surface area (TPSA) is 307 Å². The van der Waals surface area contributed by atoms with E-state index >= 15 is 0 Å². The van der Waals surface area contributed by atoms with Gasteiger partial charge in [0.25, 0.3) is 0 Å². The molecular weight excluding hydrogens is 1730 g/mol. The number of carbonyl (C=O) groups is 5. The summed E-state index contributed by atoms with van der Waals surface area (Å²) in [7, 11) is 0. The molecular formula is C108H161N25O5. The monoisotopic (exact) mass is 1890 g/mol. The van der Waals surface area contributed by atoms with Gasteiger partial charge in [-0.3, -0.25) is 48.5 Å². The molecule has 10 heterocycles. The molecule has 5 aromatic rings. The second-order valence-corrected chi connectivity index (χ2v) is 47.5. The van der Waals surface area contributed by atoms with Gasteiger partial charge < -0.3 is 51.1 Å². The van der Waals surface area contributed by atoms with E-state index in [1.165, 1.54) is 135 Å². The molecule has 0 aromatic carbocycles. The smallest absolute Gasteiger partial charge is 0.226 e. The number of anilines is 5. The second-order valence-electron chi connectivity index (χ2n) is 47.5. The van der Waals surface area contributed by atoms with Gasteiger partial charge in [-0.1, -0.05) is 6.92 Å². The molecule has 30 nitrogen and oxygen atoms in total. The fraction of sp³-hybridized carbons (Fsp3) is 0.769. The zero-order valence-electron chi connectivity index (χ0n) is 83.0. The standard InChI is InChI=1S/3C22H33N5O.2C21H31N5O/c1-21-13-17-12-18(15-21)22(14-17,16-21)19(28)23-6-3-7-26-8-10-27(11-9-26)20-24-4-2-5-25-20;28-20(22-14-17-11-18(15-22)13-19(12-17)16-22)23-5-2-6-26-7-9-27(10-8-26)21-24-3-1-4-25-21;28-21(20-18-12-16-11-17(14-18)15-19(20)13-16)23-5-2-6-26-7-9-27(10-8-26)22-24-3-1-4-25-22;27-19(21-14-16-11-17(15-21)13-18(21)12-16)22-5-2-6-25-7-9-26(10-8-25)20-23-3-1-4-24-20;27-20(19-17-11-15-10-16(13-17)14-18(19)12-15)22-4-5-25-6-8-26(9-7-25)21-23-2-1-3-24-21/h2,4-5,17-18H,3,6-16H2,1H3,(H,23,28);1,3-4,17-19H,2,5-16H2,(H,23,28);1,3-4,16-20H,2,5-15H2,(H,23,28);1,3-4,16-18H,2,5-15H2,(H,22,27);1-3,15-19H,4-14H2,(H,22,27). The Kier molecular flexibility index (Phi) is 30.1. The predicted octanol–water partition coefficient (Wildman–Crippen LogP) is 10.5. The van der Waals surface area contributed by atoms with Crippen LogP contribution in [0.5, 0.6) is 0 Å². The van der Waals surface area contributed by atoms with Crippen molar-refractivity contribution in [2.45, 2.75) is 200 Å². The summed E-state index contributed by atoms with van der Waals surface area (Å²) in [6, 6.07) is 9.28. The molecule has 30 rings (SSSR count). The molecule has 20 saturated carbocycles. The molecule has 5 N–H and O–H groups in total. The fourth-order valence-electron chi connectivity index (χ4n) is 33.2. The summed E-state index contributed by atoms with van der Waals surface area (Å²) in [5.41, 5.74) is 0.454. The van der Waals surface area contributed by atoms with E-state index in [1.807, 2.05) is 30.3 Å². The minimum absolute atomic E-state index is 0.00391. The Morgan fingerprint density at radius 3 is 0.862 bits per heavy atom. The summed E-state index contributed by atoms with van der Waals surface area (Å²) in [5.74, 6) is 19.5. The van der Waals surface area contributed by atoms with Gasteiger partial charge in [0.1, 0.15) is 0 Å². The maximum Gasteiger partial charge on any atom is 0.226 e. The van der Waals surface area contributed by atoms with Crippen molar-refractivity contribution in [2.75, 3.05) is 221 Å². The number of rotatable bonds is 29. The van der Waals surface area contributed by atoms with Crippen molar-refractivity contribution in [2.24, 2.45) is 128 Å². The van der Waals surface area contributed by atoms with Crippen molar-refractivity contribution in [1.82, 2.24) is 101 Å². The highest BCUT2D eigenvalue weighted by atomic mass is 16.2. The van der Waals surface area contributed by atoms with Gasteiger partial charge in [-0.15, -0.1) is 0 Å². The minimum Gasteiger partial charge on any atom is -0.356 e. The number of nitrogens with zero attached hydrogens (tertiary/aromatic N) is 20. The Bertz CT molecular complexity index is 4680. The molecule has 20 aliphatic carbocycles. The lowest BCUT2D eigenvalue weighted by Gasteiger charge is -2.55. The van der Waals surface area contributed by atoms with Gasteiger partial charge in [0.2, 0.25) is 59.3 Å².